The molecule has 1 heterocycles. The Labute approximate surface area is 144 Å². The molecule has 1 aromatic heterocycles. The highest BCUT2D eigenvalue weighted by atomic mass is 19.1. The molecule has 0 fully saturated rings. The molecular weight excluding hydrogens is 321 g/mol. The number of rotatable bonds is 6. The van der Waals surface area contributed by atoms with Crippen LogP contribution in [0, 0.1) is 5.82 Å². The normalized spacial score (nSPS) is 10.8. The lowest BCUT2D eigenvalue weighted by Crippen LogP contribution is -2.25. The third-order valence-corrected chi connectivity index (χ3v) is 3.36. The number of nitrogens with zero attached hydrogens (tertiary/aromatic N) is 1. The van der Waals surface area contributed by atoms with Crippen molar-refractivity contribution in [2.45, 2.75) is 0 Å². The number of carbonyl (C=O) groups is 1. The van der Waals surface area contributed by atoms with Crippen LogP contribution >= 0.6 is 0 Å². The zero-order valence-electron chi connectivity index (χ0n) is 13.3. The molecule has 0 saturated heterocycles. The van der Waals surface area contributed by atoms with Gasteiger partial charge in [0, 0.05) is 11.3 Å². The predicted molar refractivity (Wildman–Crippen MR) is 94.8 cm³/mol. The molecule has 0 aliphatic rings. The average molecular weight is 337 g/mol. The maximum Gasteiger partial charge on any atom is 0.259 e. The number of amides is 1. The molecular formula is C19H16FN3O2. The summed E-state index contributed by atoms with van der Waals surface area (Å²) in [6, 6.07) is 18.9. The van der Waals surface area contributed by atoms with Crippen LogP contribution in [0.1, 0.15) is 5.76 Å². The summed E-state index contributed by atoms with van der Waals surface area (Å²) in [6.45, 7) is 0.111. The second kappa shape index (κ2) is 7.92. The van der Waals surface area contributed by atoms with E-state index in [0.29, 0.717) is 11.5 Å². The molecule has 0 spiro atoms. The summed E-state index contributed by atoms with van der Waals surface area (Å²) in [7, 11) is 0. The number of para-hydroxylation sites is 1. The monoisotopic (exact) mass is 337 g/mol. The number of hydrogen-bond acceptors (Lipinski definition) is 4. The minimum Gasteiger partial charge on any atom is -0.455 e. The Bertz CT molecular complexity index is 858. The molecule has 0 radical (unpaired) electrons. The Kier molecular flexibility index (Phi) is 5.21. The Hall–Kier alpha value is -3.41. The fourth-order valence-electron chi connectivity index (χ4n) is 2.14. The van der Waals surface area contributed by atoms with Gasteiger partial charge < -0.3 is 9.73 Å². The van der Waals surface area contributed by atoms with E-state index in [-0.39, 0.29) is 18.3 Å². The van der Waals surface area contributed by atoms with Gasteiger partial charge in [-0.2, -0.15) is 5.10 Å². The quantitative estimate of drug-likeness (QED) is 0.533. The molecule has 5 nitrogen and oxygen atoms in total. The van der Waals surface area contributed by atoms with Crippen molar-refractivity contribution in [1.82, 2.24) is 5.43 Å². The lowest BCUT2D eigenvalue weighted by Gasteiger charge is -2.04. The highest BCUT2D eigenvalue weighted by Crippen LogP contribution is 2.21. The summed E-state index contributed by atoms with van der Waals surface area (Å²) in [4.78, 5) is 11.7. The molecule has 0 bridgehead atoms. The zero-order valence-corrected chi connectivity index (χ0v) is 13.3. The van der Waals surface area contributed by atoms with Crippen LogP contribution in [0.3, 0.4) is 0 Å². The first-order valence-corrected chi connectivity index (χ1v) is 7.67. The first kappa shape index (κ1) is 16.4. The van der Waals surface area contributed by atoms with Crippen molar-refractivity contribution in [1.29, 1.82) is 0 Å². The molecule has 0 unspecified atom stereocenters. The zero-order chi connectivity index (χ0) is 17.5. The van der Waals surface area contributed by atoms with Crippen LogP contribution in [0.5, 0.6) is 0 Å². The van der Waals surface area contributed by atoms with Gasteiger partial charge in [0.05, 0.1) is 12.8 Å². The second-order valence-corrected chi connectivity index (χ2v) is 5.22. The Balaban J connectivity index is 1.50. The van der Waals surface area contributed by atoms with Crippen LogP contribution in [0.2, 0.25) is 0 Å². The summed E-state index contributed by atoms with van der Waals surface area (Å²) in [6.07, 6.45) is 1.41. The number of hydrogen-bond donors (Lipinski definition) is 2. The van der Waals surface area contributed by atoms with Gasteiger partial charge in [0.1, 0.15) is 17.3 Å². The number of nitrogens with one attached hydrogen (secondary N) is 2. The smallest absolute Gasteiger partial charge is 0.259 e. The van der Waals surface area contributed by atoms with E-state index < -0.39 is 0 Å². The first-order chi connectivity index (χ1) is 12.2. The standard InChI is InChI=1S/C19H16FN3O2/c20-15-8-6-14(7-9-15)18-11-10-17(25-18)12-22-23-19(24)13-21-16-4-2-1-3-5-16/h1-12,21H,13H2,(H,23,24)/b22-12+. The lowest BCUT2D eigenvalue weighted by molar-refractivity contribution is -0.119. The largest absolute Gasteiger partial charge is 0.455 e. The Morgan fingerprint density at radius 2 is 1.80 bits per heavy atom. The van der Waals surface area contributed by atoms with Gasteiger partial charge >= 0.3 is 0 Å². The highest BCUT2D eigenvalue weighted by Gasteiger charge is 2.04. The fourth-order valence-corrected chi connectivity index (χ4v) is 2.14. The number of benzene rings is 2. The van der Waals surface area contributed by atoms with Gasteiger partial charge in [-0.15, -0.1) is 0 Å². The van der Waals surface area contributed by atoms with E-state index in [2.05, 4.69) is 15.8 Å². The molecule has 0 atom stereocenters. The number of anilines is 1. The molecule has 2 N–H and O–H groups in total. The van der Waals surface area contributed by atoms with Crippen LogP contribution in [0.25, 0.3) is 11.3 Å². The summed E-state index contributed by atoms with van der Waals surface area (Å²) < 4.78 is 18.5. The molecule has 6 heteroatoms. The third-order valence-electron chi connectivity index (χ3n) is 3.36. The van der Waals surface area contributed by atoms with Crippen LogP contribution in [-0.4, -0.2) is 18.7 Å². The molecule has 3 rings (SSSR count). The van der Waals surface area contributed by atoms with Crippen molar-refractivity contribution < 1.29 is 13.6 Å². The van der Waals surface area contributed by atoms with Crippen molar-refractivity contribution in [3.63, 3.8) is 0 Å². The second-order valence-electron chi connectivity index (χ2n) is 5.22. The average Bonchev–Trinajstić information content (AvgIpc) is 3.10. The third kappa shape index (κ3) is 4.78. The predicted octanol–water partition coefficient (Wildman–Crippen LogP) is 3.65. The molecule has 0 aliphatic carbocycles. The van der Waals surface area contributed by atoms with Gasteiger partial charge in [-0.25, -0.2) is 9.82 Å². The van der Waals surface area contributed by atoms with Crippen LogP contribution in [0.15, 0.2) is 76.2 Å². The highest BCUT2D eigenvalue weighted by molar-refractivity contribution is 5.83. The Morgan fingerprint density at radius 1 is 1.04 bits per heavy atom. The van der Waals surface area contributed by atoms with Crippen LogP contribution < -0.4 is 10.7 Å². The van der Waals surface area contributed by atoms with Gasteiger partial charge in [-0.05, 0) is 48.5 Å². The Morgan fingerprint density at radius 3 is 2.56 bits per heavy atom. The van der Waals surface area contributed by atoms with Crippen molar-refractivity contribution >= 4 is 17.8 Å². The molecule has 25 heavy (non-hydrogen) atoms. The molecule has 126 valence electrons. The summed E-state index contributed by atoms with van der Waals surface area (Å²) in [5.74, 6) is 0.503. The van der Waals surface area contributed by atoms with Crippen LogP contribution in [-0.2, 0) is 4.79 Å². The number of hydrazone groups is 1. The lowest BCUT2D eigenvalue weighted by atomic mass is 10.2. The maximum absolute atomic E-state index is 12.9. The minimum atomic E-state index is -0.302. The van der Waals surface area contributed by atoms with E-state index in [4.69, 9.17) is 4.42 Å². The van der Waals surface area contributed by atoms with Crippen molar-refractivity contribution in [2.24, 2.45) is 5.10 Å². The molecule has 0 aliphatic heterocycles. The summed E-state index contributed by atoms with van der Waals surface area (Å²) >= 11 is 0. The van der Waals surface area contributed by atoms with Gasteiger partial charge in [0.2, 0.25) is 0 Å². The van der Waals surface area contributed by atoms with Gasteiger partial charge in [-0.1, -0.05) is 18.2 Å². The molecule has 3 aromatic rings. The topological polar surface area (TPSA) is 66.6 Å². The van der Waals surface area contributed by atoms with E-state index in [1.807, 2.05) is 30.3 Å². The van der Waals surface area contributed by atoms with Gasteiger partial charge in [-0.3, -0.25) is 4.79 Å². The number of furan rings is 1. The van der Waals surface area contributed by atoms with Crippen LogP contribution in [0.4, 0.5) is 10.1 Å². The van der Waals surface area contributed by atoms with E-state index >= 15 is 0 Å². The number of carbonyl (C=O) groups excluding carboxylic acids is 1. The van der Waals surface area contributed by atoms with E-state index in [1.54, 1.807) is 24.3 Å². The maximum atomic E-state index is 12.9. The molecule has 2 aromatic carbocycles. The van der Waals surface area contributed by atoms with Crippen molar-refractivity contribution in [2.75, 3.05) is 11.9 Å². The van der Waals surface area contributed by atoms with E-state index in [1.165, 1.54) is 18.3 Å². The minimum absolute atomic E-state index is 0.111. The van der Waals surface area contributed by atoms with E-state index in [9.17, 15) is 9.18 Å². The van der Waals surface area contributed by atoms with Crippen molar-refractivity contribution in [3.05, 3.63) is 78.3 Å². The summed E-state index contributed by atoms with van der Waals surface area (Å²) in [5, 5.41) is 6.84. The van der Waals surface area contributed by atoms with E-state index in [0.717, 1.165) is 11.3 Å². The van der Waals surface area contributed by atoms with Crippen molar-refractivity contribution in [3.8, 4) is 11.3 Å². The molecule has 1 amide bonds. The SMILES string of the molecule is O=C(CNc1ccccc1)N/N=C/c1ccc(-c2ccc(F)cc2)o1. The fraction of sp³-hybridized carbons (Fsp3) is 0.0526. The van der Waals surface area contributed by atoms with Gasteiger partial charge in [0.15, 0.2) is 0 Å². The van der Waals surface area contributed by atoms with Gasteiger partial charge in [0.25, 0.3) is 5.91 Å². The number of halogens is 1. The first-order valence-electron chi connectivity index (χ1n) is 7.67. The molecule has 0 saturated carbocycles. The summed E-state index contributed by atoms with van der Waals surface area (Å²) in [5.41, 5.74) is 4.04.